The molecule has 0 spiro atoms. The van der Waals surface area contributed by atoms with E-state index in [0.29, 0.717) is 0 Å². The van der Waals surface area contributed by atoms with Gasteiger partial charge in [0.1, 0.15) is 12.6 Å². The highest BCUT2D eigenvalue weighted by molar-refractivity contribution is 5.81. The van der Waals surface area contributed by atoms with Gasteiger partial charge in [-0.2, -0.15) is 0 Å². The molecule has 1 rings (SSSR count). The molecule has 0 radical (unpaired) electrons. The van der Waals surface area contributed by atoms with E-state index in [2.05, 4.69) is 0 Å². The highest BCUT2D eigenvalue weighted by atomic mass is 16.5. The monoisotopic (exact) mass is 251 g/mol. The third-order valence-electron chi connectivity index (χ3n) is 2.39. The minimum Gasteiger partial charge on any atom is -0.480 e. The van der Waals surface area contributed by atoms with E-state index >= 15 is 0 Å². The SMILES string of the molecule is Cc1cc(C)cc(COC(=O)C[C@H](N)C(=O)O)c1. The van der Waals surface area contributed by atoms with Gasteiger partial charge in [-0.15, -0.1) is 0 Å². The Morgan fingerprint density at radius 1 is 1.28 bits per heavy atom. The molecule has 1 atom stereocenters. The second kappa shape index (κ2) is 6.16. The minimum absolute atomic E-state index is 0.133. The fourth-order valence-electron chi connectivity index (χ4n) is 1.64. The van der Waals surface area contributed by atoms with Crippen LogP contribution < -0.4 is 5.73 Å². The summed E-state index contributed by atoms with van der Waals surface area (Å²) in [5.41, 5.74) is 8.29. The number of hydrogen-bond donors (Lipinski definition) is 2. The van der Waals surface area contributed by atoms with Crippen LogP contribution in [0.2, 0.25) is 0 Å². The molecule has 5 heteroatoms. The molecular formula is C13H17NO4. The average molecular weight is 251 g/mol. The zero-order chi connectivity index (χ0) is 13.7. The van der Waals surface area contributed by atoms with Gasteiger partial charge in [0.15, 0.2) is 0 Å². The number of carbonyl (C=O) groups is 2. The maximum atomic E-state index is 11.3. The molecule has 0 aliphatic heterocycles. The third-order valence-corrected chi connectivity index (χ3v) is 2.39. The summed E-state index contributed by atoms with van der Waals surface area (Å²) < 4.78 is 4.98. The van der Waals surface area contributed by atoms with Crippen molar-refractivity contribution < 1.29 is 19.4 Å². The van der Waals surface area contributed by atoms with Crippen LogP contribution in [0.4, 0.5) is 0 Å². The quantitative estimate of drug-likeness (QED) is 0.766. The van der Waals surface area contributed by atoms with Gasteiger partial charge in [-0.1, -0.05) is 29.3 Å². The predicted molar refractivity (Wildman–Crippen MR) is 65.9 cm³/mol. The van der Waals surface area contributed by atoms with E-state index in [0.717, 1.165) is 16.7 Å². The zero-order valence-electron chi connectivity index (χ0n) is 10.5. The van der Waals surface area contributed by atoms with Gasteiger partial charge >= 0.3 is 11.9 Å². The van der Waals surface area contributed by atoms with Crippen LogP contribution in [-0.2, 0) is 20.9 Å². The third kappa shape index (κ3) is 4.55. The molecule has 3 N–H and O–H groups in total. The van der Waals surface area contributed by atoms with Gasteiger partial charge < -0.3 is 15.6 Å². The number of aliphatic carboxylic acids is 1. The molecule has 0 fully saturated rings. The van der Waals surface area contributed by atoms with E-state index < -0.39 is 18.0 Å². The molecule has 5 nitrogen and oxygen atoms in total. The molecule has 1 aromatic carbocycles. The van der Waals surface area contributed by atoms with E-state index in [1.807, 2.05) is 32.0 Å². The number of ether oxygens (including phenoxy) is 1. The first kappa shape index (κ1) is 14.2. The summed E-state index contributed by atoms with van der Waals surface area (Å²) >= 11 is 0. The zero-order valence-corrected chi connectivity index (χ0v) is 10.5. The Bertz CT molecular complexity index is 436. The maximum Gasteiger partial charge on any atom is 0.321 e. The molecule has 0 aromatic heterocycles. The largest absolute Gasteiger partial charge is 0.480 e. The number of benzene rings is 1. The summed E-state index contributed by atoms with van der Waals surface area (Å²) in [6.07, 6.45) is -0.319. The molecule has 18 heavy (non-hydrogen) atoms. The summed E-state index contributed by atoms with van der Waals surface area (Å²) in [5, 5.41) is 8.56. The van der Waals surface area contributed by atoms with Crippen molar-refractivity contribution in [2.24, 2.45) is 5.73 Å². The van der Waals surface area contributed by atoms with Gasteiger partial charge in [0.05, 0.1) is 6.42 Å². The smallest absolute Gasteiger partial charge is 0.321 e. The van der Waals surface area contributed by atoms with Crippen molar-refractivity contribution in [3.63, 3.8) is 0 Å². The minimum atomic E-state index is -1.21. The lowest BCUT2D eigenvalue weighted by molar-refractivity contribution is -0.149. The van der Waals surface area contributed by atoms with Gasteiger partial charge in [0.2, 0.25) is 0 Å². The van der Waals surface area contributed by atoms with Crippen molar-refractivity contribution >= 4 is 11.9 Å². The van der Waals surface area contributed by atoms with Crippen molar-refractivity contribution in [2.75, 3.05) is 0 Å². The fourth-order valence-corrected chi connectivity index (χ4v) is 1.64. The van der Waals surface area contributed by atoms with Crippen LogP contribution in [0.3, 0.4) is 0 Å². The molecule has 0 amide bonds. The number of carboxylic acid groups (broad SMARTS) is 1. The Morgan fingerprint density at radius 3 is 2.33 bits per heavy atom. The van der Waals surface area contributed by atoms with Crippen LogP contribution in [0, 0.1) is 13.8 Å². The number of aryl methyl sites for hydroxylation is 2. The van der Waals surface area contributed by atoms with Gasteiger partial charge in [-0.3, -0.25) is 9.59 Å². The molecule has 0 saturated heterocycles. The second-order valence-corrected chi connectivity index (χ2v) is 4.31. The highest BCUT2D eigenvalue weighted by Gasteiger charge is 2.17. The van der Waals surface area contributed by atoms with Crippen molar-refractivity contribution in [1.29, 1.82) is 0 Å². The molecule has 0 saturated carbocycles. The standard InChI is InChI=1S/C13H17NO4/c1-8-3-9(2)5-10(4-8)7-18-12(15)6-11(14)13(16)17/h3-5,11H,6-7,14H2,1-2H3,(H,16,17)/t11-/m0/s1. The highest BCUT2D eigenvalue weighted by Crippen LogP contribution is 2.10. The van der Waals surface area contributed by atoms with Crippen LogP contribution in [0.25, 0.3) is 0 Å². The molecule has 0 aliphatic rings. The molecule has 0 aliphatic carbocycles. The molecular weight excluding hydrogens is 234 g/mol. The van der Waals surface area contributed by atoms with E-state index in [1.165, 1.54) is 0 Å². The maximum absolute atomic E-state index is 11.3. The number of carbonyl (C=O) groups excluding carboxylic acids is 1. The van der Waals surface area contributed by atoms with Crippen LogP contribution in [0.1, 0.15) is 23.1 Å². The Morgan fingerprint density at radius 2 is 1.83 bits per heavy atom. The van der Waals surface area contributed by atoms with Gasteiger partial charge in [-0.25, -0.2) is 0 Å². The summed E-state index contributed by atoms with van der Waals surface area (Å²) in [6, 6.07) is 4.64. The van der Waals surface area contributed by atoms with Crippen LogP contribution in [0.15, 0.2) is 18.2 Å². The first-order valence-corrected chi connectivity index (χ1v) is 5.59. The Balaban J connectivity index is 2.50. The Hall–Kier alpha value is -1.88. The molecule has 0 unspecified atom stereocenters. The van der Waals surface area contributed by atoms with E-state index in [-0.39, 0.29) is 13.0 Å². The number of nitrogens with two attached hydrogens (primary N) is 1. The van der Waals surface area contributed by atoms with Crippen molar-refractivity contribution in [3.05, 3.63) is 34.9 Å². The number of carboxylic acids is 1. The Labute approximate surface area is 106 Å². The number of esters is 1. The summed E-state index contributed by atoms with van der Waals surface area (Å²) in [4.78, 5) is 21.8. The summed E-state index contributed by atoms with van der Waals surface area (Å²) in [6.45, 7) is 4.05. The van der Waals surface area contributed by atoms with Crippen molar-refractivity contribution in [3.8, 4) is 0 Å². The van der Waals surface area contributed by atoms with Crippen LogP contribution in [0.5, 0.6) is 0 Å². The lowest BCUT2D eigenvalue weighted by Crippen LogP contribution is -2.33. The fraction of sp³-hybridized carbons (Fsp3) is 0.385. The van der Waals surface area contributed by atoms with E-state index in [4.69, 9.17) is 15.6 Å². The van der Waals surface area contributed by atoms with Crippen molar-refractivity contribution in [2.45, 2.75) is 32.9 Å². The first-order valence-electron chi connectivity index (χ1n) is 5.59. The molecule has 98 valence electrons. The van der Waals surface area contributed by atoms with E-state index in [1.54, 1.807) is 0 Å². The molecule has 0 bridgehead atoms. The van der Waals surface area contributed by atoms with Gasteiger partial charge in [0.25, 0.3) is 0 Å². The number of rotatable bonds is 5. The number of hydrogen-bond acceptors (Lipinski definition) is 4. The normalized spacial score (nSPS) is 11.9. The average Bonchev–Trinajstić information content (AvgIpc) is 2.25. The lowest BCUT2D eigenvalue weighted by atomic mass is 10.1. The van der Waals surface area contributed by atoms with Gasteiger partial charge in [0, 0.05) is 0 Å². The van der Waals surface area contributed by atoms with E-state index in [9.17, 15) is 9.59 Å². The summed E-state index contributed by atoms with van der Waals surface area (Å²) in [5.74, 6) is -1.82. The first-order chi connectivity index (χ1) is 8.38. The topological polar surface area (TPSA) is 89.6 Å². The van der Waals surface area contributed by atoms with Crippen molar-refractivity contribution in [1.82, 2.24) is 0 Å². The van der Waals surface area contributed by atoms with Crippen LogP contribution in [-0.4, -0.2) is 23.1 Å². The predicted octanol–water partition coefficient (Wildman–Crippen LogP) is 1.15. The molecule has 1 aromatic rings. The van der Waals surface area contributed by atoms with Gasteiger partial charge in [-0.05, 0) is 19.4 Å². The Kier molecular flexibility index (Phi) is 4.85. The molecule has 0 heterocycles. The summed E-state index contributed by atoms with van der Waals surface area (Å²) in [7, 11) is 0. The van der Waals surface area contributed by atoms with Crippen LogP contribution >= 0.6 is 0 Å². The lowest BCUT2D eigenvalue weighted by Gasteiger charge is -2.08. The second-order valence-electron chi connectivity index (χ2n) is 4.31.